The van der Waals surface area contributed by atoms with Gasteiger partial charge in [0.2, 0.25) is 0 Å². The van der Waals surface area contributed by atoms with E-state index in [1.807, 2.05) is 19.1 Å². The first-order valence-electron chi connectivity index (χ1n) is 4.63. The highest BCUT2D eigenvalue weighted by Gasteiger charge is 2.08. The Bertz CT molecular complexity index is 479. The van der Waals surface area contributed by atoms with Crippen LogP contribution < -0.4 is 5.73 Å². The molecule has 0 radical (unpaired) electrons. The summed E-state index contributed by atoms with van der Waals surface area (Å²) < 4.78 is 1.09. The Morgan fingerprint density at radius 1 is 1.47 bits per heavy atom. The van der Waals surface area contributed by atoms with Gasteiger partial charge in [-0.2, -0.15) is 0 Å². The van der Waals surface area contributed by atoms with Gasteiger partial charge >= 0.3 is 0 Å². The first kappa shape index (κ1) is 10.8. The molecule has 1 aromatic carbocycles. The summed E-state index contributed by atoms with van der Waals surface area (Å²) in [6, 6.07) is 8.23. The Balaban J connectivity index is 2.48. The molecule has 1 aromatic heterocycles. The van der Waals surface area contributed by atoms with Gasteiger partial charge in [-0.25, -0.2) is 4.98 Å². The molecule has 2 nitrogen and oxygen atoms in total. The molecule has 15 heavy (non-hydrogen) atoms. The van der Waals surface area contributed by atoms with Gasteiger partial charge in [-0.1, -0.05) is 28.1 Å². The van der Waals surface area contributed by atoms with E-state index in [-0.39, 0.29) is 0 Å². The summed E-state index contributed by atoms with van der Waals surface area (Å²) in [4.78, 5) is 5.62. The smallest absolute Gasteiger partial charge is 0.107 e. The van der Waals surface area contributed by atoms with Gasteiger partial charge in [0.1, 0.15) is 5.01 Å². The van der Waals surface area contributed by atoms with E-state index in [1.54, 1.807) is 11.3 Å². The van der Waals surface area contributed by atoms with Gasteiger partial charge in [-0.15, -0.1) is 11.3 Å². The highest BCUT2D eigenvalue weighted by Crippen LogP contribution is 2.31. The number of aromatic nitrogens is 1. The van der Waals surface area contributed by atoms with Crippen molar-refractivity contribution < 1.29 is 0 Å². The van der Waals surface area contributed by atoms with E-state index in [9.17, 15) is 0 Å². The summed E-state index contributed by atoms with van der Waals surface area (Å²) in [6.07, 6.45) is 0. The van der Waals surface area contributed by atoms with Crippen LogP contribution in [0.5, 0.6) is 0 Å². The molecule has 0 bridgehead atoms. The Morgan fingerprint density at radius 3 is 2.87 bits per heavy atom. The third-order valence-electron chi connectivity index (χ3n) is 2.10. The third-order valence-corrected chi connectivity index (χ3v) is 3.82. The first-order valence-corrected chi connectivity index (χ1v) is 6.24. The molecule has 2 aromatic rings. The van der Waals surface area contributed by atoms with Crippen LogP contribution in [-0.2, 0) is 6.54 Å². The van der Waals surface area contributed by atoms with Gasteiger partial charge < -0.3 is 5.73 Å². The maximum Gasteiger partial charge on any atom is 0.107 e. The van der Waals surface area contributed by atoms with Crippen molar-refractivity contribution in [2.75, 3.05) is 0 Å². The lowest BCUT2D eigenvalue weighted by Crippen LogP contribution is -1.94. The highest BCUT2D eigenvalue weighted by molar-refractivity contribution is 9.10. The second kappa shape index (κ2) is 4.43. The molecule has 0 unspecified atom stereocenters. The molecule has 0 fully saturated rings. The van der Waals surface area contributed by atoms with Crippen LogP contribution in [0.25, 0.3) is 10.4 Å². The number of benzene rings is 1. The fourth-order valence-corrected chi connectivity index (χ4v) is 2.78. The molecule has 0 amide bonds. The lowest BCUT2D eigenvalue weighted by molar-refractivity contribution is 1.02. The Hall–Kier alpha value is -0.710. The zero-order valence-corrected chi connectivity index (χ0v) is 10.7. The van der Waals surface area contributed by atoms with Crippen molar-refractivity contribution >= 4 is 27.3 Å². The van der Waals surface area contributed by atoms with Crippen molar-refractivity contribution in [2.24, 2.45) is 5.73 Å². The lowest BCUT2D eigenvalue weighted by atomic mass is 10.2. The maximum atomic E-state index is 5.58. The molecule has 0 aliphatic rings. The minimum Gasteiger partial charge on any atom is -0.325 e. The van der Waals surface area contributed by atoms with Crippen LogP contribution >= 0.6 is 27.3 Å². The average molecular weight is 283 g/mol. The molecule has 0 spiro atoms. The molecule has 1 heterocycles. The minimum atomic E-state index is 0.513. The zero-order chi connectivity index (χ0) is 10.8. The number of thiazole rings is 1. The number of nitrogens with two attached hydrogens (primary N) is 1. The zero-order valence-electron chi connectivity index (χ0n) is 8.33. The van der Waals surface area contributed by atoms with Crippen molar-refractivity contribution in [2.45, 2.75) is 13.5 Å². The predicted octanol–water partition coefficient (Wildman–Crippen LogP) is 3.34. The van der Waals surface area contributed by atoms with Crippen LogP contribution in [0.3, 0.4) is 0 Å². The van der Waals surface area contributed by atoms with Crippen molar-refractivity contribution in [1.82, 2.24) is 4.98 Å². The van der Waals surface area contributed by atoms with E-state index < -0.39 is 0 Å². The summed E-state index contributed by atoms with van der Waals surface area (Å²) in [6.45, 7) is 2.53. The number of rotatable bonds is 2. The minimum absolute atomic E-state index is 0.513. The second-order valence-electron chi connectivity index (χ2n) is 3.24. The molecule has 0 aliphatic carbocycles. The maximum absolute atomic E-state index is 5.58. The summed E-state index contributed by atoms with van der Waals surface area (Å²) in [5.41, 5.74) is 7.83. The Labute approximate surface area is 101 Å². The Morgan fingerprint density at radius 2 is 2.27 bits per heavy atom. The van der Waals surface area contributed by atoms with Crippen LogP contribution in [0.4, 0.5) is 0 Å². The first-order chi connectivity index (χ1) is 7.20. The van der Waals surface area contributed by atoms with E-state index in [0.717, 1.165) is 15.2 Å². The monoisotopic (exact) mass is 282 g/mol. The summed E-state index contributed by atoms with van der Waals surface area (Å²) in [5.74, 6) is 0. The van der Waals surface area contributed by atoms with E-state index in [2.05, 4.69) is 33.0 Å². The van der Waals surface area contributed by atoms with Gasteiger partial charge in [-0.05, 0) is 24.6 Å². The van der Waals surface area contributed by atoms with Crippen LogP contribution in [-0.4, -0.2) is 4.98 Å². The van der Waals surface area contributed by atoms with Gasteiger partial charge in [0, 0.05) is 11.0 Å². The average Bonchev–Trinajstić information content (AvgIpc) is 2.60. The molecule has 4 heteroatoms. The van der Waals surface area contributed by atoms with Gasteiger partial charge in [-0.3, -0.25) is 0 Å². The summed E-state index contributed by atoms with van der Waals surface area (Å²) in [5, 5.41) is 0.988. The standard InChI is InChI=1S/C11H11BrN2S/c1-7-11(15-10(6-13)14-7)8-3-2-4-9(12)5-8/h2-5H,6,13H2,1H3. The molecule has 0 saturated heterocycles. The molecule has 78 valence electrons. The molecular formula is C11H11BrN2S. The Kier molecular flexibility index (Phi) is 3.19. The van der Waals surface area contributed by atoms with Crippen molar-refractivity contribution in [3.8, 4) is 10.4 Å². The molecule has 0 saturated carbocycles. The van der Waals surface area contributed by atoms with Crippen molar-refractivity contribution in [3.63, 3.8) is 0 Å². The molecule has 0 aliphatic heterocycles. The number of hydrogen-bond acceptors (Lipinski definition) is 3. The van der Waals surface area contributed by atoms with E-state index in [4.69, 9.17) is 5.73 Å². The highest BCUT2D eigenvalue weighted by atomic mass is 79.9. The van der Waals surface area contributed by atoms with E-state index >= 15 is 0 Å². The van der Waals surface area contributed by atoms with Crippen molar-refractivity contribution in [1.29, 1.82) is 0 Å². The van der Waals surface area contributed by atoms with E-state index in [1.165, 1.54) is 10.4 Å². The topological polar surface area (TPSA) is 38.9 Å². The van der Waals surface area contributed by atoms with E-state index in [0.29, 0.717) is 6.54 Å². The third kappa shape index (κ3) is 2.27. The molecule has 0 atom stereocenters. The molecular weight excluding hydrogens is 272 g/mol. The number of aryl methyl sites for hydroxylation is 1. The number of halogens is 1. The SMILES string of the molecule is Cc1nc(CN)sc1-c1cccc(Br)c1. The van der Waals surface area contributed by atoms with Crippen LogP contribution in [0.2, 0.25) is 0 Å². The van der Waals surface area contributed by atoms with Crippen LogP contribution in [0, 0.1) is 6.92 Å². The second-order valence-corrected chi connectivity index (χ2v) is 5.24. The lowest BCUT2D eigenvalue weighted by Gasteiger charge is -1.98. The van der Waals surface area contributed by atoms with Gasteiger partial charge in [0.15, 0.2) is 0 Å². The fraction of sp³-hybridized carbons (Fsp3) is 0.182. The molecule has 2 rings (SSSR count). The van der Waals surface area contributed by atoms with Crippen LogP contribution in [0.1, 0.15) is 10.7 Å². The van der Waals surface area contributed by atoms with Gasteiger partial charge in [0.25, 0.3) is 0 Å². The number of hydrogen-bond donors (Lipinski definition) is 1. The quantitative estimate of drug-likeness (QED) is 0.918. The van der Waals surface area contributed by atoms with Crippen molar-refractivity contribution in [3.05, 3.63) is 39.4 Å². The van der Waals surface area contributed by atoms with Gasteiger partial charge in [0.05, 0.1) is 10.6 Å². The molecule has 2 N–H and O–H groups in total. The normalized spacial score (nSPS) is 10.6. The fourth-order valence-electron chi connectivity index (χ4n) is 1.44. The van der Waals surface area contributed by atoms with Crippen LogP contribution in [0.15, 0.2) is 28.7 Å². The summed E-state index contributed by atoms with van der Waals surface area (Å²) >= 11 is 5.13. The predicted molar refractivity (Wildman–Crippen MR) is 67.9 cm³/mol. The summed E-state index contributed by atoms with van der Waals surface area (Å²) in [7, 11) is 0. The largest absolute Gasteiger partial charge is 0.325 e. The number of nitrogens with zero attached hydrogens (tertiary/aromatic N) is 1.